The minimum atomic E-state index is -0.0878. The number of aromatic nitrogens is 2. The van der Waals surface area contributed by atoms with Crippen molar-refractivity contribution in [3.8, 4) is 22.7 Å². The lowest BCUT2D eigenvalue weighted by atomic mass is 10.1. The van der Waals surface area contributed by atoms with Crippen molar-refractivity contribution in [2.45, 2.75) is 6.61 Å². The van der Waals surface area contributed by atoms with E-state index in [4.69, 9.17) is 4.74 Å². The van der Waals surface area contributed by atoms with Crippen molar-refractivity contribution in [1.82, 2.24) is 9.55 Å². The molecule has 0 bridgehead atoms. The number of rotatable bonds is 1. The first-order valence-electron chi connectivity index (χ1n) is 6.31. The van der Waals surface area contributed by atoms with Gasteiger partial charge in [0.15, 0.2) is 0 Å². The molecule has 0 aliphatic carbocycles. The molecule has 1 aliphatic rings. The van der Waals surface area contributed by atoms with E-state index in [0.717, 1.165) is 28.4 Å². The number of ether oxygens (including phenoxy) is 1. The van der Waals surface area contributed by atoms with Crippen LogP contribution in [-0.4, -0.2) is 9.55 Å². The monoisotopic (exact) mass is 360 g/mol. The molecule has 0 spiro atoms. The summed E-state index contributed by atoms with van der Waals surface area (Å²) in [6.07, 6.45) is 1.73. The molecule has 3 aromatic rings. The minimum Gasteiger partial charge on any atom is -0.485 e. The van der Waals surface area contributed by atoms with Crippen molar-refractivity contribution in [1.29, 1.82) is 0 Å². The van der Waals surface area contributed by atoms with Gasteiger partial charge in [-0.3, -0.25) is 14.3 Å². The van der Waals surface area contributed by atoms with Gasteiger partial charge in [-0.25, -0.2) is 0 Å². The molecule has 4 heterocycles. The van der Waals surface area contributed by atoms with Gasteiger partial charge in [0.25, 0.3) is 5.56 Å². The molecule has 0 N–H and O–H groups in total. The number of thiophene rings is 1. The third kappa shape index (κ3) is 1.94. The van der Waals surface area contributed by atoms with E-state index in [0.29, 0.717) is 11.1 Å². The van der Waals surface area contributed by atoms with Crippen LogP contribution < -0.4 is 10.3 Å². The molecule has 21 heavy (non-hydrogen) atoms. The van der Waals surface area contributed by atoms with Gasteiger partial charge in [0.05, 0.1) is 15.9 Å². The highest BCUT2D eigenvalue weighted by Crippen LogP contribution is 2.36. The third-order valence-corrected chi connectivity index (χ3v) is 4.65. The fourth-order valence-corrected chi connectivity index (χ4v) is 3.51. The zero-order valence-electron chi connectivity index (χ0n) is 10.7. The Morgan fingerprint density at radius 1 is 1.38 bits per heavy atom. The van der Waals surface area contributed by atoms with E-state index in [2.05, 4.69) is 20.9 Å². The second-order valence-corrected chi connectivity index (χ2v) is 6.25. The van der Waals surface area contributed by atoms with Gasteiger partial charge >= 0.3 is 0 Å². The smallest absolute Gasteiger partial charge is 0.269 e. The van der Waals surface area contributed by atoms with Gasteiger partial charge in [0.2, 0.25) is 0 Å². The lowest BCUT2D eigenvalue weighted by Crippen LogP contribution is -2.26. The van der Waals surface area contributed by atoms with Crippen LogP contribution in [0.3, 0.4) is 0 Å². The molecule has 0 saturated carbocycles. The van der Waals surface area contributed by atoms with Crippen molar-refractivity contribution in [2.75, 3.05) is 0 Å². The zero-order chi connectivity index (χ0) is 14.4. The maximum atomic E-state index is 12.5. The quantitative estimate of drug-likeness (QED) is 0.665. The van der Waals surface area contributed by atoms with Gasteiger partial charge in [-0.05, 0) is 45.6 Å². The summed E-state index contributed by atoms with van der Waals surface area (Å²) in [4.78, 5) is 16.9. The molecule has 0 aromatic carbocycles. The van der Waals surface area contributed by atoms with Crippen LogP contribution in [0.1, 0.15) is 5.69 Å². The first kappa shape index (κ1) is 12.8. The fourth-order valence-electron chi connectivity index (χ4n) is 2.48. The van der Waals surface area contributed by atoms with Crippen LogP contribution in [0.5, 0.6) is 5.75 Å². The van der Waals surface area contributed by atoms with Crippen molar-refractivity contribution < 1.29 is 4.74 Å². The minimum absolute atomic E-state index is 0.0878. The number of hydrogen-bond acceptors (Lipinski definition) is 4. The molecule has 0 amide bonds. The van der Waals surface area contributed by atoms with Crippen molar-refractivity contribution in [3.05, 3.63) is 61.7 Å². The fraction of sp³-hybridized carbons (Fsp3) is 0.0667. The number of nitrogens with zero attached hydrogens (tertiary/aromatic N) is 2. The van der Waals surface area contributed by atoms with E-state index in [9.17, 15) is 4.79 Å². The van der Waals surface area contributed by atoms with E-state index >= 15 is 0 Å². The first-order valence-corrected chi connectivity index (χ1v) is 8.04. The average Bonchev–Trinajstić information content (AvgIpc) is 3.02. The summed E-state index contributed by atoms with van der Waals surface area (Å²) in [6.45, 7) is 0.354. The van der Waals surface area contributed by atoms with Gasteiger partial charge in [-0.1, -0.05) is 0 Å². The van der Waals surface area contributed by atoms with Gasteiger partial charge in [-0.15, -0.1) is 0 Å². The predicted molar refractivity (Wildman–Crippen MR) is 85.2 cm³/mol. The Morgan fingerprint density at radius 2 is 2.29 bits per heavy atom. The molecule has 0 fully saturated rings. The molecule has 0 saturated heterocycles. The molecule has 4 nitrogen and oxygen atoms in total. The summed E-state index contributed by atoms with van der Waals surface area (Å²) in [5.74, 6) is 0.743. The normalized spacial score (nSPS) is 12.4. The highest BCUT2D eigenvalue weighted by Gasteiger charge is 2.24. The Kier molecular flexibility index (Phi) is 2.94. The van der Waals surface area contributed by atoms with Crippen LogP contribution in [0, 0.1) is 0 Å². The Morgan fingerprint density at radius 3 is 3.10 bits per heavy atom. The lowest BCUT2D eigenvalue weighted by molar-refractivity contribution is 0.292. The summed E-state index contributed by atoms with van der Waals surface area (Å²) in [7, 11) is 0. The highest BCUT2D eigenvalue weighted by molar-refractivity contribution is 9.10. The number of halogens is 1. The molecule has 3 aromatic heterocycles. The van der Waals surface area contributed by atoms with Gasteiger partial charge < -0.3 is 4.74 Å². The molecule has 4 rings (SSSR count). The summed E-state index contributed by atoms with van der Waals surface area (Å²) >= 11 is 4.92. The maximum absolute atomic E-state index is 12.5. The third-order valence-electron chi connectivity index (χ3n) is 3.41. The van der Waals surface area contributed by atoms with E-state index in [1.807, 2.05) is 35.0 Å². The Balaban J connectivity index is 2.08. The van der Waals surface area contributed by atoms with Crippen molar-refractivity contribution in [3.63, 3.8) is 0 Å². The van der Waals surface area contributed by atoms with E-state index < -0.39 is 0 Å². The number of pyridine rings is 2. The lowest BCUT2D eigenvalue weighted by Gasteiger charge is -2.23. The number of fused-ring (bicyclic) bond motifs is 3. The molecule has 1 aliphatic heterocycles. The van der Waals surface area contributed by atoms with E-state index in [1.54, 1.807) is 22.1 Å². The summed E-state index contributed by atoms with van der Waals surface area (Å²) in [5.41, 5.74) is 3.28. The Hall–Kier alpha value is -1.92. The maximum Gasteiger partial charge on any atom is 0.269 e. The van der Waals surface area contributed by atoms with Crippen LogP contribution in [0.15, 0.2) is 50.5 Å². The zero-order valence-corrected chi connectivity index (χ0v) is 13.1. The molecule has 6 heteroatoms. The van der Waals surface area contributed by atoms with Gasteiger partial charge in [0.1, 0.15) is 18.1 Å². The number of hydrogen-bond donors (Lipinski definition) is 0. The van der Waals surface area contributed by atoms with Crippen LogP contribution >= 0.6 is 27.3 Å². The van der Waals surface area contributed by atoms with Crippen LogP contribution in [0.25, 0.3) is 16.9 Å². The molecule has 0 atom stereocenters. The van der Waals surface area contributed by atoms with E-state index in [-0.39, 0.29) is 5.56 Å². The first-order chi connectivity index (χ1) is 10.3. The highest BCUT2D eigenvalue weighted by atomic mass is 79.9. The Labute approximate surface area is 132 Å². The van der Waals surface area contributed by atoms with E-state index in [1.165, 1.54) is 0 Å². The molecule has 0 radical (unpaired) electrons. The van der Waals surface area contributed by atoms with Crippen LogP contribution in [0.4, 0.5) is 0 Å². The SMILES string of the molecule is O=c1c(Br)cc2c(n1-c1ccsc1)COc1cccnc1-2. The molecule has 0 unspecified atom stereocenters. The summed E-state index contributed by atoms with van der Waals surface area (Å²) < 4.78 is 7.96. The largest absolute Gasteiger partial charge is 0.485 e. The Bertz CT molecular complexity index is 887. The molecular formula is C15H9BrN2O2S. The topological polar surface area (TPSA) is 44.1 Å². The van der Waals surface area contributed by atoms with Crippen molar-refractivity contribution >= 4 is 27.3 Å². The predicted octanol–water partition coefficient (Wildman–Crippen LogP) is 3.62. The second kappa shape index (κ2) is 4.82. The molecule has 104 valence electrons. The second-order valence-electron chi connectivity index (χ2n) is 4.61. The average molecular weight is 361 g/mol. The summed E-state index contributed by atoms with van der Waals surface area (Å²) in [5, 5.41) is 3.90. The van der Waals surface area contributed by atoms with Crippen LogP contribution in [0.2, 0.25) is 0 Å². The van der Waals surface area contributed by atoms with Gasteiger partial charge in [0, 0.05) is 17.1 Å². The summed E-state index contributed by atoms with van der Waals surface area (Å²) in [6, 6.07) is 7.48. The van der Waals surface area contributed by atoms with Crippen LogP contribution in [-0.2, 0) is 6.61 Å². The van der Waals surface area contributed by atoms with Crippen molar-refractivity contribution in [2.24, 2.45) is 0 Å². The van der Waals surface area contributed by atoms with Gasteiger partial charge in [-0.2, -0.15) is 11.3 Å². The molecular weight excluding hydrogens is 352 g/mol. The standard InChI is InChI=1S/C15H9BrN2O2S/c16-11-6-10-12(7-20-13-2-1-4-17-14(10)13)18(15(11)19)9-3-5-21-8-9/h1-6,8H,7H2.